The molecule has 0 radical (unpaired) electrons. The monoisotopic (exact) mass is 542 g/mol. The zero-order valence-electron chi connectivity index (χ0n) is 25.8. The predicted octanol–water partition coefficient (Wildman–Crippen LogP) is 8.98. The molecule has 0 fully saturated rings. The maximum absolute atomic E-state index is 13.8. The topological polar surface area (TPSA) is 51.2 Å². The molecular formula is C37H50O3. The van der Waals surface area contributed by atoms with Gasteiger partial charge in [0.15, 0.2) is 5.78 Å². The zero-order chi connectivity index (χ0) is 29.4. The van der Waals surface area contributed by atoms with E-state index in [0.717, 1.165) is 62.5 Å². The molecule has 0 saturated heterocycles. The van der Waals surface area contributed by atoms with Crippen LogP contribution in [-0.4, -0.2) is 17.3 Å². The van der Waals surface area contributed by atoms with E-state index in [2.05, 4.69) is 71.5 Å². The van der Waals surface area contributed by atoms with Gasteiger partial charge in [0.2, 0.25) is 0 Å². The molecule has 3 heteroatoms. The third-order valence-electron chi connectivity index (χ3n) is 8.90. The van der Waals surface area contributed by atoms with Crippen LogP contribution in [0.15, 0.2) is 48.6 Å². The summed E-state index contributed by atoms with van der Waals surface area (Å²) in [6.45, 7) is 16.7. The lowest BCUT2D eigenvalue weighted by atomic mass is 9.70. The minimum atomic E-state index is -0.101. The van der Waals surface area contributed by atoms with Crippen LogP contribution < -0.4 is 0 Å². The summed E-state index contributed by atoms with van der Waals surface area (Å²) >= 11 is 0. The standard InChI is InChI=1S/C37H50O3/c1-8-13-30(32(9-2)35(39)19-26(6)38)20-29-21-34-33(24(3)4)23-31(27(7)37(34)36(40)22-29)18-25(5)16-17-28-14-11-10-12-15-28/h10-12,14-15,23-24,29-30,32H,5,8-9,13,16-22H2,1-4,6-7H3. The molecule has 0 saturated carbocycles. The van der Waals surface area contributed by atoms with Crippen LogP contribution in [0.25, 0.3) is 0 Å². The van der Waals surface area contributed by atoms with Crippen molar-refractivity contribution in [3.8, 4) is 0 Å². The van der Waals surface area contributed by atoms with E-state index in [1.807, 2.05) is 6.07 Å². The molecule has 0 N–H and O–H groups in total. The van der Waals surface area contributed by atoms with E-state index in [0.29, 0.717) is 12.3 Å². The number of carbonyl (C=O) groups excluding carboxylic acids is 3. The van der Waals surface area contributed by atoms with Crippen LogP contribution >= 0.6 is 0 Å². The van der Waals surface area contributed by atoms with Crippen LogP contribution in [0.4, 0.5) is 0 Å². The Kier molecular flexibility index (Phi) is 11.7. The smallest absolute Gasteiger partial charge is 0.163 e. The Morgan fingerprint density at radius 2 is 1.77 bits per heavy atom. The second-order valence-corrected chi connectivity index (χ2v) is 12.5. The van der Waals surface area contributed by atoms with Crippen molar-refractivity contribution in [3.05, 3.63) is 81.9 Å². The van der Waals surface area contributed by atoms with Crippen molar-refractivity contribution in [2.24, 2.45) is 17.8 Å². The van der Waals surface area contributed by atoms with E-state index in [1.54, 1.807) is 0 Å². The molecule has 0 amide bonds. The van der Waals surface area contributed by atoms with Gasteiger partial charge in [0.1, 0.15) is 11.6 Å². The molecule has 0 aromatic heterocycles. The Morgan fingerprint density at radius 3 is 2.38 bits per heavy atom. The molecule has 3 rings (SSSR count). The van der Waals surface area contributed by atoms with Crippen LogP contribution in [0.1, 0.15) is 124 Å². The fourth-order valence-corrected chi connectivity index (χ4v) is 6.91. The summed E-state index contributed by atoms with van der Waals surface area (Å²) in [4.78, 5) is 38.4. The van der Waals surface area contributed by atoms with Crippen LogP contribution in [0.5, 0.6) is 0 Å². The maximum atomic E-state index is 13.8. The first kappa shape index (κ1) is 31.7. The minimum Gasteiger partial charge on any atom is -0.300 e. The fourth-order valence-electron chi connectivity index (χ4n) is 6.91. The Morgan fingerprint density at radius 1 is 1.07 bits per heavy atom. The van der Waals surface area contributed by atoms with Gasteiger partial charge in [-0.15, -0.1) is 0 Å². The normalized spacial score (nSPS) is 16.5. The van der Waals surface area contributed by atoms with Crippen molar-refractivity contribution in [1.29, 1.82) is 0 Å². The summed E-state index contributed by atoms with van der Waals surface area (Å²) < 4.78 is 0. The summed E-state index contributed by atoms with van der Waals surface area (Å²) in [6, 6.07) is 12.9. The first-order valence-corrected chi connectivity index (χ1v) is 15.5. The molecule has 3 nitrogen and oxygen atoms in total. The predicted molar refractivity (Wildman–Crippen MR) is 166 cm³/mol. The summed E-state index contributed by atoms with van der Waals surface area (Å²) in [6.07, 6.45) is 7.76. The quantitative estimate of drug-likeness (QED) is 0.167. The van der Waals surface area contributed by atoms with E-state index in [-0.39, 0.29) is 41.5 Å². The van der Waals surface area contributed by atoms with Crippen molar-refractivity contribution in [1.82, 2.24) is 0 Å². The molecule has 3 atom stereocenters. The molecule has 0 aliphatic heterocycles. The van der Waals surface area contributed by atoms with Crippen molar-refractivity contribution < 1.29 is 14.4 Å². The number of Topliss-reactive ketones (excluding diaryl/α,β-unsaturated/α-hetero) is 3. The minimum absolute atomic E-state index is 0.0290. The molecule has 2 aromatic rings. The van der Waals surface area contributed by atoms with Gasteiger partial charge >= 0.3 is 0 Å². The van der Waals surface area contributed by atoms with Crippen molar-refractivity contribution in [2.75, 3.05) is 0 Å². The van der Waals surface area contributed by atoms with E-state index in [9.17, 15) is 14.4 Å². The summed E-state index contributed by atoms with van der Waals surface area (Å²) in [5.74, 6) is 0.945. The van der Waals surface area contributed by atoms with Gasteiger partial charge in [0.05, 0.1) is 6.42 Å². The van der Waals surface area contributed by atoms with Gasteiger partial charge in [-0.25, -0.2) is 0 Å². The molecular weight excluding hydrogens is 492 g/mol. The average Bonchev–Trinajstić information content (AvgIpc) is 2.89. The second-order valence-electron chi connectivity index (χ2n) is 12.5. The maximum Gasteiger partial charge on any atom is 0.163 e. The van der Waals surface area contributed by atoms with E-state index >= 15 is 0 Å². The number of aryl methyl sites for hydroxylation is 1. The number of fused-ring (bicyclic) bond motifs is 1. The SMILES string of the molecule is C=C(CCc1ccccc1)Cc1cc(C(C)C)c2c(c1C)C(=O)CC(CC(CCC)C(CC)C(=O)CC(C)=O)C2. The van der Waals surface area contributed by atoms with Crippen LogP contribution in [0, 0.1) is 24.7 Å². The highest BCUT2D eigenvalue weighted by Gasteiger charge is 2.34. The van der Waals surface area contributed by atoms with Gasteiger partial charge < -0.3 is 0 Å². The molecule has 2 aromatic carbocycles. The van der Waals surface area contributed by atoms with Gasteiger partial charge in [-0.1, -0.05) is 89.1 Å². The highest BCUT2D eigenvalue weighted by molar-refractivity contribution is 6.01. The summed E-state index contributed by atoms with van der Waals surface area (Å²) in [5.41, 5.74) is 8.34. The highest BCUT2D eigenvalue weighted by Crippen LogP contribution is 2.40. The lowest BCUT2D eigenvalue weighted by Crippen LogP contribution is -2.30. The Hall–Kier alpha value is -2.81. The first-order chi connectivity index (χ1) is 19.0. The molecule has 0 bridgehead atoms. The number of carbonyl (C=O) groups is 3. The highest BCUT2D eigenvalue weighted by atomic mass is 16.1. The van der Waals surface area contributed by atoms with E-state index < -0.39 is 0 Å². The number of hydrogen-bond donors (Lipinski definition) is 0. The molecule has 3 unspecified atom stereocenters. The zero-order valence-corrected chi connectivity index (χ0v) is 25.8. The third-order valence-corrected chi connectivity index (χ3v) is 8.90. The second kappa shape index (κ2) is 14.7. The molecule has 216 valence electrons. The molecule has 1 aliphatic carbocycles. The first-order valence-electron chi connectivity index (χ1n) is 15.5. The number of hydrogen-bond acceptors (Lipinski definition) is 3. The van der Waals surface area contributed by atoms with Crippen LogP contribution in [0.2, 0.25) is 0 Å². The largest absolute Gasteiger partial charge is 0.300 e. The van der Waals surface area contributed by atoms with Gasteiger partial charge in [-0.2, -0.15) is 0 Å². The Bertz CT molecular complexity index is 1200. The third kappa shape index (κ3) is 8.12. The molecule has 0 heterocycles. The number of ketones is 3. The van der Waals surface area contributed by atoms with Gasteiger partial charge in [-0.05, 0) is 97.9 Å². The van der Waals surface area contributed by atoms with E-state index in [1.165, 1.54) is 34.8 Å². The fraction of sp³-hybridized carbons (Fsp3) is 0.541. The molecule has 1 aliphatic rings. The van der Waals surface area contributed by atoms with Gasteiger partial charge in [0.25, 0.3) is 0 Å². The average molecular weight is 543 g/mol. The van der Waals surface area contributed by atoms with Crippen LogP contribution in [-0.2, 0) is 28.9 Å². The molecule has 0 spiro atoms. The lowest BCUT2D eigenvalue weighted by molar-refractivity contribution is -0.129. The van der Waals surface area contributed by atoms with Gasteiger partial charge in [-0.3, -0.25) is 14.4 Å². The summed E-state index contributed by atoms with van der Waals surface area (Å²) in [5, 5.41) is 0. The summed E-state index contributed by atoms with van der Waals surface area (Å²) in [7, 11) is 0. The van der Waals surface area contributed by atoms with Crippen molar-refractivity contribution in [3.63, 3.8) is 0 Å². The lowest BCUT2D eigenvalue weighted by Gasteiger charge is -2.33. The number of rotatable bonds is 15. The van der Waals surface area contributed by atoms with Crippen LogP contribution in [0.3, 0.4) is 0 Å². The number of benzene rings is 2. The molecule has 40 heavy (non-hydrogen) atoms. The van der Waals surface area contributed by atoms with Crippen molar-refractivity contribution in [2.45, 2.75) is 112 Å². The Labute approximate surface area is 242 Å². The Balaban J connectivity index is 1.83. The van der Waals surface area contributed by atoms with E-state index in [4.69, 9.17) is 0 Å². The van der Waals surface area contributed by atoms with Gasteiger partial charge in [0, 0.05) is 17.9 Å². The number of allylic oxidation sites excluding steroid dienone is 1. The van der Waals surface area contributed by atoms with Crippen molar-refractivity contribution >= 4 is 17.3 Å².